The molecule has 4 aliphatic rings. The van der Waals surface area contributed by atoms with Gasteiger partial charge in [-0.2, -0.15) is 0 Å². The molecule has 2 N–H and O–H groups in total. The van der Waals surface area contributed by atoms with Crippen LogP contribution in [0.4, 0.5) is 0 Å². The lowest BCUT2D eigenvalue weighted by Crippen LogP contribution is -2.58. The second-order valence-electron chi connectivity index (χ2n) is 13.9. The Kier molecular flexibility index (Phi) is 10.9. The molecule has 1 spiro atoms. The van der Waals surface area contributed by atoms with Crippen LogP contribution in [-0.4, -0.2) is 101 Å². The van der Waals surface area contributed by atoms with Crippen LogP contribution in [-0.2, 0) is 33.4 Å². The predicted molar refractivity (Wildman–Crippen MR) is 174 cm³/mol. The number of allylic oxidation sites excluding steroid dienone is 1. The number of unbranched alkanes of at least 4 members (excludes halogenated alkanes) is 3. The standard InChI is InChI=1S/C36H49N3O8/c1-35(2,3)39-21-14-19-36-29(32(42)38(31(36)33(39)43)20-12-5-6-13-22-40)28-26(47-36)17-10-11-18-27(41)37-25(23-45-4)30(46-34(28)44)24-15-8-7-9-16-24/h7-10,14-17,19,25-26,28-31,40H,5-6,11-13,18,20-23H2,1-4H3,(H,37,41)/b17-10-/t25-,26-,28+,29+,30-,31-,36+/m0/s1. The fourth-order valence-electron chi connectivity index (χ4n) is 7.48. The topological polar surface area (TPSA) is 135 Å². The number of rotatable bonds is 9. The minimum Gasteiger partial charge on any atom is -0.455 e. The molecule has 4 heterocycles. The van der Waals surface area contributed by atoms with E-state index in [9.17, 15) is 24.3 Å². The van der Waals surface area contributed by atoms with Crippen molar-refractivity contribution in [2.24, 2.45) is 11.8 Å². The molecule has 1 aromatic rings. The van der Waals surface area contributed by atoms with Crippen molar-refractivity contribution < 1.29 is 38.5 Å². The van der Waals surface area contributed by atoms with Gasteiger partial charge in [0, 0.05) is 38.8 Å². The molecule has 0 radical (unpaired) electrons. The summed E-state index contributed by atoms with van der Waals surface area (Å²) in [6.07, 6.45) is 8.98. The van der Waals surface area contributed by atoms with Crippen molar-refractivity contribution in [3.63, 3.8) is 0 Å². The highest BCUT2D eigenvalue weighted by Gasteiger charge is 2.72. The molecular weight excluding hydrogens is 602 g/mol. The van der Waals surface area contributed by atoms with E-state index < -0.39 is 53.2 Å². The van der Waals surface area contributed by atoms with Gasteiger partial charge >= 0.3 is 5.97 Å². The Morgan fingerprint density at radius 2 is 1.77 bits per heavy atom. The van der Waals surface area contributed by atoms with Crippen molar-refractivity contribution >= 4 is 23.7 Å². The number of amides is 3. The van der Waals surface area contributed by atoms with Crippen LogP contribution in [0.25, 0.3) is 0 Å². The third kappa shape index (κ3) is 7.03. The Morgan fingerprint density at radius 3 is 2.47 bits per heavy atom. The number of carbonyl (C=O) groups excluding carboxylic acids is 4. The molecular formula is C36H49N3O8. The van der Waals surface area contributed by atoms with Crippen LogP contribution in [0.3, 0.4) is 0 Å². The van der Waals surface area contributed by atoms with Gasteiger partial charge in [0.15, 0.2) is 0 Å². The third-order valence-electron chi connectivity index (χ3n) is 9.68. The van der Waals surface area contributed by atoms with E-state index in [2.05, 4.69) is 5.32 Å². The number of esters is 1. The number of hydrogen-bond acceptors (Lipinski definition) is 8. The summed E-state index contributed by atoms with van der Waals surface area (Å²) in [7, 11) is 1.52. The molecule has 3 amide bonds. The fourth-order valence-corrected chi connectivity index (χ4v) is 7.48. The molecule has 0 aromatic heterocycles. The molecule has 0 aliphatic carbocycles. The smallest absolute Gasteiger partial charge is 0.313 e. The summed E-state index contributed by atoms with van der Waals surface area (Å²) in [5.41, 5.74) is -1.24. The van der Waals surface area contributed by atoms with E-state index in [0.29, 0.717) is 37.9 Å². The van der Waals surface area contributed by atoms with Gasteiger partial charge in [-0.15, -0.1) is 0 Å². The maximum Gasteiger partial charge on any atom is 0.313 e. The van der Waals surface area contributed by atoms with Gasteiger partial charge in [-0.25, -0.2) is 0 Å². The highest BCUT2D eigenvalue weighted by atomic mass is 16.6. The first kappa shape index (κ1) is 34.8. The summed E-state index contributed by atoms with van der Waals surface area (Å²) < 4.78 is 18.6. The van der Waals surface area contributed by atoms with E-state index in [1.54, 1.807) is 22.0 Å². The van der Waals surface area contributed by atoms with Crippen LogP contribution in [0.2, 0.25) is 0 Å². The average molecular weight is 652 g/mol. The Balaban J connectivity index is 1.58. The average Bonchev–Trinajstić information content (AvgIpc) is 3.41. The van der Waals surface area contributed by atoms with E-state index in [-0.39, 0.29) is 37.4 Å². The van der Waals surface area contributed by atoms with Crippen LogP contribution >= 0.6 is 0 Å². The molecule has 11 nitrogen and oxygen atoms in total. The van der Waals surface area contributed by atoms with E-state index in [4.69, 9.17) is 14.2 Å². The number of ether oxygens (including phenoxy) is 3. The number of fused-ring (bicyclic) bond motifs is 2. The van der Waals surface area contributed by atoms with E-state index in [1.807, 2.05) is 63.3 Å². The van der Waals surface area contributed by atoms with Crippen LogP contribution in [0, 0.1) is 11.8 Å². The van der Waals surface area contributed by atoms with Crippen molar-refractivity contribution in [1.29, 1.82) is 0 Å². The number of nitrogens with one attached hydrogen (secondary N) is 1. The first-order valence-corrected chi connectivity index (χ1v) is 16.8. The van der Waals surface area contributed by atoms with Gasteiger partial charge < -0.3 is 34.4 Å². The van der Waals surface area contributed by atoms with Gasteiger partial charge in [-0.05, 0) is 45.6 Å². The molecule has 1 aromatic carbocycles. The van der Waals surface area contributed by atoms with Crippen LogP contribution in [0.15, 0.2) is 54.6 Å². The van der Waals surface area contributed by atoms with Crippen molar-refractivity contribution in [2.45, 2.75) is 94.7 Å². The lowest BCUT2D eigenvalue weighted by Gasteiger charge is -2.40. The largest absolute Gasteiger partial charge is 0.455 e. The van der Waals surface area contributed by atoms with Gasteiger partial charge in [-0.3, -0.25) is 19.2 Å². The number of aliphatic hydroxyl groups excluding tert-OH is 1. The Bertz CT molecular complexity index is 1360. The van der Waals surface area contributed by atoms with Gasteiger partial charge in [0.1, 0.15) is 23.7 Å². The first-order chi connectivity index (χ1) is 22.5. The highest BCUT2D eigenvalue weighted by Crippen LogP contribution is 2.53. The molecule has 11 heteroatoms. The minimum atomic E-state index is -1.39. The highest BCUT2D eigenvalue weighted by molar-refractivity contribution is 5.99. The summed E-state index contributed by atoms with van der Waals surface area (Å²) >= 11 is 0. The second-order valence-corrected chi connectivity index (χ2v) is 13.9. The van der Waals surface area contributed by atoms with Gasteiger partial charge in [-0.1, -0.05) is 67.5 Å². The number of hydrogen-bond donors (Lipinski definition) is 2. The van der Waals surface area contributed by atoms with Crippen molar-refractivity contribution in [2.75, 3.05) is 33.4 Å². The van der Waals surface area contributed by atoms with Gasteiger partial charge in [0.25, 0.3) is 0 Å². The molecule has 2 fully saturated rings. The second kappa shape index (κ2) is 14.7. The number of aliphatic hydroxyl groups is 1. The monoisotopic (exact) mass is 651 g/mol. The summed E-state index contributed by atoms with van der Waals surface area (Å²) in [5, 5.41) is 12.2. The lowest BCUT2D eigenvalue weighted by atomic mass is 9.77. The SMILES string of the molecule is COC[C@@H]1NC(=O)CC/C=C\[C@@H]2O[C@@]34C=CCN(C(C)(C)C)C(=O)[C@@H]3N(CCCCCCO)C(=O)[C@H]4[C@@H]2C(=O)O[C@H]1c1ccccc1. The predicted octanol–water partition coefficient (Wildman–Crippen LogP) is 3.08. The summed E-state index contributed by atoms with van der Waals surface area (Å²) in [6, 6.07) is 7.52. The molecule has 0 unspecified atom stereocenters. The number of cyclic esters (lactones) is 1. The number of carbonyl (C=O) groups is 4. The van der Waals surface area contributed by atoms with E-state index in [0.717, 1.165) is 12.8 Å². The maximum atomic E-state index is 14.6. The molecule has 7 atom stereocenters. The third-order valence-corrected chi connectivity index (χ3v) is 9.68. The summed E-state index contributed by atoms with van der Waals surface area (Å²) in [6.45, 7) is 6.74. The van der Waals surface area contributed by atoms with Crippen molar-refractivity contribution in [3.05, 3.63) is 60.2 Å². The van der Waals surface area contributed by atoms with E-state index in [1.165, 1.54) is 7.11 Å². The van der Waals surface area contributed by atoms with Crippen LogP contribution < -0.4 is 5.32 Å². The Hall–Kier alpha value is -3.54. The number of benzene rings is 1. The summed E-state index contributed by atoms with van der Waals surface area (Å²) in [4.78, 5) is 59.9. The van der Waals surface area contributed by atoms with Crippen LogP contribution in [0.5, 0.6) is 0 Å². The molecule has 47 heavy (non-hydrogen) atoms. The maximum absolute atomic E-state index is 14.6. The van der Waals surface area contributed by atoms with Gasteiger partial charge in [0.05, 0.1) is 24.7 Å². The minimum absolute atomic E-state index is 0.0946. The molecule has 4 aliphatic heterocycles. The molecule has 0 bridgehead atoms. The Labute approximate surface area is 277 Å². The fraction of sp³-hybridized carbons (Fsp3) is 0.611. The van der Waals surface area contributed by atoms with Crippen molar-refractivity contribution in [1.82, 2.24) is 15.1 Å². The first-order valence-electron chi connectivity index (χ1n) is 16.8. The van der Waals surface area contributed by atoms with Crippen molar-refractivity contribution in [3.8, 4) is 0 Å². The number of methoxy groups -OCH3 is 1. The quantitative estimate of drug-likeness (QED) is 0.237. The number of nitrogens with zero attached hydrogens (tertiary/aromatic N) is 2. The molecule has 256 valence electrons. The Morgan fingerprint density at radius 1 is 1.02 bits per heavy atom. The zero-order chi connectivity index (χ0) is 33.8. The zero-order valence-corrected chi connectivity index (χ0v) is 27.9. The molecule has 2 saturated heterocycles. The zero-order valence-electron chi connectivity index (χ0n) is 27.9. The lowest BCUT2D eigenvalue weighted by molar-refractivity contribution is -0.162. The van der Waals surface area contributed by atoms with Crippen LogP contribution in [0.1, 0.15) is 71.0 Å². The van der Waals surface area contributed by atoms with Gasteiger partial charge in [0.2, 0.25) is 17.7 Å². The summed E-state index contributed by atoms with van der Waals surface area (Å²) in [5.74, 6) is -3.42. The molecule has 5 rings (SSSR count). The normalized spacial score (nSPS) is 32.0. The number of likely N-dealkylation sites (tertiary alicyclic amines) is 1. The van der Waals surface area contributed by atoms with E-state index >= 15 is 0 Å². The molecule has 0 saturated carbocycles.